The van der Waals surface area contributed by atoms with Crippen molar-refractivity contribution in [3.63, 3.8) is 0 Å². The van der Waals surface area contributed by atoms with Gasteiger partial charge in [0.25, 0.3) is 5.91 Å². The monoisotopic (exact) mass is 315 g/mol. The molecule has 3 amide bonds. The third-order valence-corrected chi connectivity index (χ3v) is 4.44. The fraction of sp³-hybridized carbons (Fsp3) is 0.412. The van der Waals surface area contributed by atoms with Gasteiger partial charge >= 0.3 is 6.03 Å². The van der Waals surface area contributed by atoms with Crippen molar-refractivity contribution in [3.8, 4) is 5.75 Å². The van der Waals surface area contributed by atoms with Gasteiger partial charge in [0.05, 0.1) is 31.0 Å². The predicted octanol–water partition coefficient (Wildman–Crippen LogP) is 1.90. The lowest BCUT2D eigenvalue weighted by Crippen LogP contribution is -2.45. The maximum atomic E-state index is 12.8. The first-order valence-corrected chi connectivity index (χ1v) is 7.66. The fourth-order valence-electron chi connectivity index (χ4n) is 3.08. The highest BCUT2D eigenvalue weighted by atomic mass is 16.5. The molecule has 1 atom stereocenters. The van der Waals surface area contributed by atoms with Gasteiger partial charge in [0, 0.05) is 13.1 Å². The molecule has 0 aliphatic carbocycles. The van der Waals surface area contributed by atoms with Crippen molar-refractivity contribution in [2.45, 2.75) is 25.9 Å². The lowest BCUT2D eigenvalue weighted by Gasteiger charge is -2.31. The van der Waals surface area contributed by atoms with Crippen molar-refractivity contribution in [3.05, 3.63) is 41.1 Å². The number of urea groups is 1. The molecule has 0 bridgehead atoms. The van der Waals surface area contributed by atoms with E-state index in [0.717, 1.165) is 11.3 Å². The van der Waals surface area contributed by atoms with Crippen molar-refractivity contribution in [2.75, 3.05) is 20.7 Å². The molecular formula is C17H21N3O3. The van der Waals surface area contributed by atoms with Crippen LogP contribution in [0.3, 0.4) is 0 Å². The maximum Gasteiger partial charge on any atom is 0.322 e. The van der Waals surface area contributed by atoms with Gasteiger partial charge in [0.2, 0.25) is 0 Å². The number of nitrogens with one attached hydrogen (secondary N) is 1. The highest BCUT2D eigenvalue weighted by Gasteiger charge is 2.43. The van der Waals surface area contributed by atoms with E-state index >= 15 is 0 Å². The van der Waals surface area contributed by atoms with Crippen molar-refractivity contribution < 1.29 is 14.3 Å². The Morgan fingerprint density at radius 1 is 1.30 bits per heavy atom. The van der Waals surface area contributed by atoms with Gasteiger partial charge in [0.1, 0.15) is 5.75 Å². The quantitative estimate of drug-likeness (QED) is 0.926. The summed E-state index contributed by atoms with van der Waals surface area (Å²) in [5.41, 5.74) is 2.27. The Kier molecular flexibility index (Phi) is 3.75. The summed E-state index contributed by atoms with van der Waals surface area (Å²) < 4.78 is 5.26. The highest BCUT2D eigenvalue weighted by Crippen LogP contribution is 2.37. The summed E-state index contributed by atoms with van der Waals surface area (Å²) in [5, 5.41) is 2.92. The van der Waals surface area contributed by atoms with Gasteiger partial charge in [-0.3, -0.25) is 9.69 Å². The molecule has 2 aliphatic heterocycles. The van der Waals surface area contributed by atoms with Crippen LogP contribution in [0.4, 0.5) is 4.79 Å². The molecule has 0 fully saturated rings. The molecule has 6 nitrogen and oxygen atoms in total. The standard InChI is InChI=1S/C17H21N3O3/c1-10(2)20-9-13-14(16(20)21)15(18-17(22)19(13)3)11-6-5-7-12(8-11)23-4/h5-8,10,15H,9H2,1-4H3,(H,18,22)/t15-/m0/s1. The molecule has 0 radical (unpaired) electrons. The predicted molar refractivity (Wildman–Crippen MR) is 85.9 cm³/mol. The summed E-state index contributed by atoms with van der Waals surface area (Å²) in [6.07, 6.45) is 0. The molecule has 3 rings (SSSR count). The number of likely N-dealkylation sites (N-methyl/N-ethyl adjacent to an activating group) is 1. The van der Waals surface area contributed by atoms with Gasteiger partial charge in [0.15, 0.2) is 0 Å². The number of carbonyl (C=O) groups excluding carboxylic acids is 2. The number of rotatable bonds is 3. The van der Waals surface area contributed by atoms with E-state index in [9.17, 15) is 9.59 Å². The van der Waals surface area contributed by atoms with Crippen LogP contribution in [0.1, 0.15) is 25.5 Å². The number of hydrogen-bond donors (Lipinski definition) is 1. The van der Waals surface area contributed by atoms with Crippen LogP contribution in [0.15, 0.2) is 35.5 Å². The number of benzene rings is 1. The summed E-state index contributed by atoms with van der Waals surface area (Å²) >= 11 is 0. The van der Waals surface area contributed by atoms with Crippen molar-refractivity contribution >= 4 is 11.9 Å². The second-order valence-corrected chi connectivity index (χ2v) is 6.11. The average Bonchev–Trinajstić information content (AvgIpc) is 2.89. The summed E-state index contributed by atoms with van der Waals surface area (Å²) in [6.45, 7) is 4.43. The number of hydrogen-bond acceptors (Lipinski definition) is 3. The molecule has 1 N–H and O–H groups in total. The Morgan fingerprint density at radius 2 is 2.04 bits per heavy atom. The minimum absolute atomic E-state index is 0.0188. The molecule has 0 spiro atoms. The first-order valence-electron chi connectivity index (χ1n) is 7.66. The van der Waals surface area contributed by atoms with E-state index in [1.807, 2.05) is 38.1 Å². The zero-order valence-corrected chi connectivity index (χ0v) is 13.8. The van der Waals surface area contributed by atoms with E-state index < -0.39 is 6.04 Å². The fourth-order valence-corrected chi connectivity index (χ4v) is 3.08. The van der Waals surface area contributed by atoms with Crippen molar-refractivity contribution in [1.29, 1.82) is 0 Å². The first-order chi connectivity index (χ1) is 10.9. The Labute approximate surface area is 135 Å². The molecule has 0 aromatic heterocycles. The van der Waals surface area contributed by atoms with Gasteiger partial charge < -0.3 is 15.0 Å². The van der Waals surface area contributed by atoms with E-state index in [4.69, 9.17) is 4.74 Å². The number of carbonyl (C=O) groups is 2. The van der Waals surface area contributed by atoms with E-state index in [1.54, 1.807) is 19.1 Å². The summed E-state index contributed by atoms with van der Waals surface area (Å²) in [5.74, 6) is 0.679. The topological polar surface area (TPSA) is 61.9 Å². The number of amides is 3. The number of nitrogens with zero attached hydrogens (tertiary/aromatic N) is 2. The smallest absolute Gasteiger partial charge is 0.322 e. The molecule has 1 aromatic carbocycles. The van der Waals surface area contributed by atoms with Gasteiger partial charge in [-0.15, -0.1) is 0 Å². The molecule has 0 unspecified atom stereocenters. The molecule has 2 heterocycles. The molecule has 0 saturated heterocycles. The Bertz CT molecular complexity index is 696. The molecule has 122 valence electrons. The maximum absolute atomic E-state index is 12.8. The Hall–Kier alpha value is -2.50. The minimum atomic E-state index is -0.444. The minimum Gasteiger partial charge on any atom is -0.497 e. The Morgan fingerprint density at radius 3 is 2.70 bits per heavy atom. The SMILES string of the molecule is COc1cccc([C@@H]2NC(=O)N(C)C3=C2C(=O)N(C(C)C)C3)c1. The summed E-state index contributed by atoms with van der Waals surface area (Å²) in [7, 11) is 3.29. The molecule has 1 aromatic rings. The van der Waals surface area contributed by atoms with Gasteiger partial charge in [-0.1, -0.05) is 12.1 Å². The summed E-state index contributed by atoms with van der Waals surface area (Å²) in [6, 6.07) is 6.89. The van der Waals surface area contributed by atoms with Crippen LogP contribution in [-0.4, -0.2) is 48.5 Å². The molecule has 6 heteroatoms. The first kappa shape index (κ1) is 15.4. The normalized spacial score (nSPS) is 21.0. The van der Waals surface area contributed by atoms with Gasteiger partial charge in [-0.2, -0.15) is 0 Å². The number of ether oxygens (including phenoxy) is 1. The van der Waals surface area contributed by atoms with Crippen LogP contribution in [0.5, 0.6) is 5.75 Å². The summed E-state index contributed by atoms with van der Waals surface area (Å²) in [4.78, 5) is 28.4. The second-order valence-electron chi connectivity index (χ2n) is 6.11. The van der Waals surface area contributed by atoms with E-state index in [0.29, 0.717) is 17.9 Å². The zero-order valence-electron chi connectivity index (χ0n) is 13.8. The second kappa shape index (κ2) is 5.61. The lowest BCUT2D eigenvalue weighted by atomic mass is 9.95. The Balaban J connectivity index is 2.06. The van der Waals surface area contributed by atoms with Crippen LogP contribution in [0, 0.1) is 0 Å². The van der Waals surface area contributed by atoms with E-state index in [2.05, 4.69) is 5.32 Å². The molecule has 0 saturated carbocycles. The molecular weight excluding hydrogens is 294 g/mol. The van der Waals surface area contributed by atoms with Crippen molar-refractivity contribution in [2.24, 2.45) is 0 Å². The van der Waals surface area contributed by atoms with Crippen LogP contribution >= 0.6 is 0 Å². The highest BCUT2D eigenvalue weighted by molar-refractivity contribution is 6.01. The molecule has 23 heavy (non-hydrogen) atoms. The number of methoxy groups -OCH3 is 1. The third kappa shape index (κ3) is 2.44. The van der Waals surface area contributed by atoms with Gasteiger partial charge in [-0.25, -0.2) is 4.79 Å². The lowest BCUT2D eigenvalue weighted by molar-refractivity contribution is -0.127. The van der Waals surface area contributed by atoms with Gasteiger partial charge in [-0.05, 0) is 31.5 Å². The molecule has 2 aliphatic rings. The van der Waals surface area contributed by atoms with Crippen LogP contribution < -0.4 is 10.1 Å². The van der Waals surface area contributed by atoms with Crippen LogP contribution in [0.2, 0.25) is 0 Å². The average molecular weight is 315 g/mol. The van der Waals surface area contributed by atoms with Crippen LogP contribution in [-0.2, 0) is 4.79 Å². The zero-order chi connectivity index (χ0) is 16.7. The van der Waals surface area contributed by atoms with E-state index in [-0.39, 0.29) is 18.0 Å². The van der Waals surface area contributed by atoms with Crippen molar-refractivity contribution in [1.82, 2.24) is 15.1 Å². The van der Waals surface area contributed by atoms with Crippen LogP contribution in [0.25, 0.3) is 0 Å². The largest absolute Gasteiger partial charge is 0.497 e. The van der Waals surface area contributed by atoms with E-state index in [1.165, 1.54) is 4.90 Å². The third-order valence-electron chi connectivity index (χ3n) is 4.44.